The highest BCUT2D eigenvalue weighted by atomic mass is 31.2. The van der Waals surface area contributed by atoms with Gasteiger partial charge in [0.2, 0.25) is 0 Å². The minimum Gasteiger partial charge on any atom is -0.462 e. The van der Waals surface area contributed by atoms with E-state index in [9.17, 15) is 43.2 Å². The monoisotopic (exact) mass is 1470 g/mol. The van der Waals surface area contributed by atoms with Gasteiger partial charge in [0, 0.05) is 25.7 Å². The first kappa shape index (κ1) is 98.1. The Morgan fingerprint density at radius 3 is 0.680 bits per heavy atom. The van der Waals surface area contributed by atoms with E-state index in [1.54, 1.807) is 0 Å². The Morgan fingerprint density at radius 1 is 0.270 bits per heavy atom. The molecule has 5 atom stereocenters. The normalized spacial score (nSPS) is 13.9. The summed E-state index contributed by atoms with van der Waals surface area (Å²) >= 11 is 0. The zero-order valence-electron chi connectivity index (χ0n) is 65.5. The second-order valence-electron chi connectivity index (χ2n) is 30.1. The molecule has 19 heteroatoms. The topological polar surface area (TPSA) is 237 Å². The lowest BCUT2D eigenvalue weighted by Crippen LogP contribution is -2.30. The molecule has 0 spiro atoms. The molecule has 0 rings (SSSR count). The van der Waals surface area contributed by atoms with Crippen LogP contribution in [0.1, 0.15) is 427 Å². The van der Waals surface area contributed by atoms with Crippen LogP contribution in [-0.4, -0.2) is 96.7 Å². The van der Waals surface area contributed by atoms with Gasteiger partial charge in [0.1, 0.15) is 19.3 Å². The minimum atomic E-state index is -4.96. The second-order valence-corrected chi connectivity index (χ2v) is 33.0. The number of hydrogen-bond donors (Lipinski definition) is 3. The Kier molecular flexibility index (Phi) is 71.2. The first-order valence-corrected chi connectivity index (χ1v) is 45.0. The number of carbonyl (C=O) groups is 4. The Labute approximate surface area is 613 Å². The quantitative estimate of drug-likeness (QED) is 0.0222. The summed E-state index contributed by atoms with van der Waals surface area (Å²) in [7, 11) is -9.92. The van der Waals surface area contributed by atoms with Crippen molar-refractivity contribution in [3.8, 4) is 0 Å². The number of phosphoric ester groups is 2. The van der Waals surface area contributed by atoms with Gasteiger partial charge in [-0.25, -0.2) is 9.13 Å². The van der Waals surface area contributed by atoms with E-state index in [0.29, 0.717) is 31.6 Å². The Balaban J connectivity index is 5.21. The molecule has 0 aromatic heterocycles. The molecule has 2 unspecified atom stereocenters. The van der Waals surface area contributed by atoms with E-state index in [1.165, 1.54) is 238 Å². The maximum Gasteiger partial charge on any atom is 0.472 e. The van der Waals surface area contributed by atoms with Crippen LogP contribution in [0.3, 0.4) is 0 Å². The van der Waals surface area contributed by atoms with Crippen LogP contribution in [0, 0.1) is 11.8 Å². The number of unbranched alkanes of at least 4 members (excludes halogenated alkanes) is 50. The lowest BCUT2D eigenvalue weighted by Gasteiger charge is -2.21. The maximum absolute atomic E-state index is 13.1. The fourth-order valence-corrected chi connectivity index (χ4v) is 14.1. The van der Waals surface area contributed by atoms with Crippen molar-refractivity contribution in [3.05, 3.63) is 0 Å². The third-order valence-corrected chi connectivity index (χ3v) is 20.9. The minimum absolute atomic E-state index is 0.107. The molecule has 0 aromatic carbocycles. The number of carbonyl (C=O) groups excluding carboxylic acids is 4. The standard InChI is InChI=1S/C81H158O17P2/c1-7-9-11-13-15-17-19-21-22-23-24-25-26-29-34-38-42-46-54-60-66-80(85)97-76(69-91-78(83)63-57-51-44-40-36-33-30-27-28-32-35-39-43-49-55-61-73(3)4)71-95-99(87,88)93-67-75(82)68-94-100(89,90)96-72-77(70-92-79(84)64-58-52-48-47-50-56-62-74(5)6)98-81(86)65-59-53-45-41-37-31-20-18-16-14-12-10-8-2/h73-77,82H,7-72H2,1-6H3,(H,87,88)(H,89,90)/t75-,76-,77-/m1/s1. The van der Waals surface area contributed by atoms with Crippen molar-refractivity contribution < 1.29 is 80.2 Å². The first-order valence-electron chi connectivity index (χ1n) is 42.0. The van der Waals surface area contributed by atoms with Gasteiger partial charge >= 0.3 is 39.5 Å². The summed E-state index contributed by atoms with van der Waals surface area (Å²) in [6.07, 6.45) is 62.6. The van der Waals surface area contributed by atoms with E-state index in [-0.39, 0.29) is 25.7 Å². The zero-order valence-corrected chi connectivity index (χ0v) is 67.3. The zero-order chi connectivity index (χ0) is 73.5. The van der Waals surface area contributed by atoms with Crippen molar-refractivity contribution in [2.24, 2.45) is 11.8 Å². The lowest BCUT2D eigenvalue weighted by atomic mass is 10.0. The van der Waals surface area contributed by atoms with Crippen LogP contribution < -0.4 is 0 Å². The summed E-state index contributed by atoms with van der Waals surface area (Å²) in [4.78, 5) is 73.0. The van der Waals surface area contributed by atoms with E-state index in [1.807, 2.05) is 0 Å². The molecule has 0 saturated heterocycles. The summed E-state index contributed by atoms with van der Waals surface area (Å²) in [5.74, 6) is -0.624. The molecule has 0 radical (unpaired) electrons. The second kappa shape index (κ2) is 72.6. The van der Waals surface area contributed by atoms with Crippen LogP contribution in [0.25, 0.3) is 0 Å². The number of phosphoric acid groups is 2. The van der Waals surface area contributed by atoms with Crippen molar-refractivity contribution in [1.82, 2.24) is 0 Å². The average Bonchev–Trinajstić information content (AvgIpc) is 0.926. The van der Waals surface area contributed by atoms with Crippen molar-refractivity contribution in [3.63, 3.8) is 0 Å². The highest BCUT2D eigenvalue weighted by Crippen LogP contribution is 2.45. The molecule has 0 saturated carbocycles. The van der Waals surface area contributed by atoms with E-state index in [4.69, 9.17) is 37.0 Å². The van der Waals surface area contributed by atoms with Gasteiger partial charge in [0.05, 0.1) is 26.4 Å². The highest BCUT2D eigenvalue weighted by molar-refractivity contribution is 7.47. The average molecular weight is 1470 g/mol. The van der Waals surface area contributed by atoms with E-state index in [0.717, 1.165) is 102 Å². The SMILES string of the molecule is CCCCCCCCCCCCCCCCCCCCCCC(=O)O[C@H](COC(=O)CCCCCCCCCCCCCCCCCC(C)C)COP(=O)(O)OC[C@@H](O)COP(=O)(O)OC[C@@H](COC(=O)CCCCCCCCC(C)C)OC(=O)CCCCCCCCCCCCCCC. The number of rotatable bonds is 80. The summed E-state index contributed by atoms with van der Waals surface area (Å²) in [5, 5.41) is 10.6. The van der Waals surface area contributed by atoms with Gasteiger partial charge < -0.3 is 33.8 Å². The summed E-state index contributed by atoms with van der Waals surface area (Å²) in [5.41, 5.74) is 0. The number of aliphatic hydroxyl groups is 1. The number of aliphatic hydroxyl groups excluding tert-OH is 1. The molecule has 0 bridgehead atoms. The molecule has 3 N–H and O–H groups in total. The number of esters is 4. The third-order valence-electron chi connectivity index (χ3n) is 19.0. The van der Waals surface area contributed by atoms with Gasteiger partial charge in [-0.1, -0.05) is 375 Å². The Hall–Kier alpha value is -1.94. The molecule has 17 nitrogen and oxygen atoms in total. The number of hydrogen-bond acceptors (Lipinski definition) is 15. The van der Waals surface area contributed by atoms with E-state index >= 15 is 0 Å². The highest BCUT2D eigenvalue weighted by Gasteiger charge is 2.30. The number of ether oxygens (including phenoxy) is 4. The predicted molar refractivity (Wildman–Crippen MR) is 409 cm³/mol. The van der Waals surface area contributed by atoms with Crippen molar-refractivity contribution in [1.29, 1.82) is 0 Å². The molecule has 100 heavy (non-hydrogen) atoms. The van der Waals surface area contributed by atoms with E-state index < -0.39 is 97.5 Å². The van der Waals surface area contributed by atoms with Crippen LogP contribution in [-0.2, 0) is 65.4 Å². The van der Waals surface area contributed by atoms with Crippen molar-refractivity contribution >= 4 is 39.5 Å². The Morgan fingerprint density at radius 2 is 0.460 bits per heavy atom. The maximum atomic E-state index is 13.1. The molecule has 0 amide bonds. The smallest absolute Gasteiger partial charge is 0.462 e. The predicted octanol–water partition coefficient (Wildman–Crippen LogP) is 24.3. The summed E-state index contributed by atoms with van der Waals surface area (Å²) in [6, 6.07) is 0. The third kappa shape index (κ3) is 74.3. The molecule has 0 aliphatic carbocycles. The van der Waals surface area contributed by atoms with Crippen LogP contribution in [0.4, 0.5) is 0 Å². The van der Waals surface area contributed by atoms with Crippen LogP contribution in [0.2, 0.25) is 0 Å². The molecule has 594 valence electrons. The van der Waals surface area contributed by atoms with Crippen molar-refractivity contribution in [2.45, 2.75) is 445 Å². The fraction of sp³-hybridized carbons (Fsp3) is 0.951. The van der Waals surface area contributed by atoms with Gasteiger partial charge in [-0.05, 0) is 37.5 Å². The summed E-state index contributed by atoms with van der Waals surface area (Å²) < 4.78 is 68.7. The molecule has 0 fully saturated rings. The van der Waals surface area contributed by atoms with E-state index in [2.05, 4.69) is 41.5 Å². The van der Waals surface area contributed by atoms with Gasteiger partial charge in [0.25, 0.3) is 0 Å². The van der Waals surface area contributed by atoms with Gasteiger partial charge in [-0.2, -0.15) is 0 Å². The molecular formula is C81H158O17P2. The largest absolute Gasteiger partial charge is 0.472 e. The molecule has 0 aliphatic rings. The molecular weight excluding hydrogens is 1310 g/mol. The van der Waals surface area contributed by atoms with Crippen LogP contribution >= 0.6 is 15.6 Å². The van der Waals surface area contributed by atoms with Gasteiger partial charge in [-0.3, -0.25) is 37.3 Å². The first-order chi connectivity index (χ1) is 48.4. The Bertz CT molecular complexity index is 1920. The molecule has 0 aliphatic heterocycles. The fourth-order valence-electron chi connectivity index (χ4n) is 12.5. The molecule has 0 heterocycles. The van der Waals surface area contributed by atoms with Crippen LogP contribution in [0.5, 0.6) is 0 Å². The summed E-state index contributed by atoms with van der Waals surface area (Å²) in [6.45, 7) is 9.58. The van der Waals surface area contributed by atoms with Crippen LogP contribution in [0.15, 0.2) is 0 Å². The van der Waals surface area contributed by atoms with Gasteiger partial charge in [0.15, 0.2) is 12.2 Å². The lowest BCUT2D eigenvalue weighted by molar-refractivity contribution is -0.161. The molecule has 0 aromatic rings. The van der Waals surface area contributed by atoms with Crippen molar-refractivity contribution in [2.75, 3.05) is 39.6 Å². The van der Waals surface area contributed by atoms with Gasteiger partial charge in [-0.15, -0.1) is 0 Å².